The van der Waals surface area contributed by atoms with Crippen LogP contribution in [0.3, 0.4) is 0 Å². The van der Waals surface area contributed by atoms with Crippen LogP contribution in [-0.2, 0) is 4.74 Å². The highest BCUT2D eigenvalue weighted by atomic mass is 16.5. The molecule has 0 saturated heterocycles. The van der Waals surface area contributed by atoms with Gasteiger partial charge in [-0.25, -0.2) is 4.98 Å². The van der Waals surface area contributed by atoms with Crippen molar-refractivity contribution in [3.05, 3.63) is 17.9 Å². The number of rotatable bonds is 4. The third-order valence-electron chi connectivity index (χ3n) is 2.06. The van der Waals surface area contributed by atoms with Crippen LogP contribution in [0.2, 0.25) is 0 Å². The molecule has 0 fully saturated rings. The van der Waals surface area contributed by atoms with Gasteiger partial charge < -0.3 is 19.4 Å². The maximum atomic E-state index is 5.75. The molecular weight excluding hydrogens is 212 g/mol. The molecule has 86 valence electrons. The molecule has 0 spiro atoms. The fourth-order valence-corrected chi connectivity index (χ4v) is 1.24. The molecule has 2 aromatic rings. The van der Waals surface area contributed by atoms with E-state index < -0.39 is 6.04 Å². The number of hydrogen-bond acceptors (Lipinski definition) is 7. The van der Waals surface area contributed by atoms with E-state index in [0.717, 1.165) is 0 Å². The van der Waals surface area contributed by atoms with Crippen LogP contribution in [0.15, 0.2) is 15.3 Å². The van der Waals surface area contributed by atoms with Crippen molar-refractivity contribution < 1.29 is 13.7 Å². The molecular formula is C9H12N4O3. The monoisotopic (exact) mass is 224 g/mol. The molecule has 2 N–H and O–H groups in total. The Balaban J connectivity index is 2.23. The summed E-state index contributed by atoms with van der Waals surface area (Å²) in [7, 11) is 1.56. The molecule has 1 atom stereocenters. The van der Waals surface area contributed by atoms with E-state index in [9.17, 15) is 0 Å². The molecule has 0 amide bonds. The minimum atomic E-state index is -0.411. The summed E-state index contributed by atoms with van der Waals surface area (Å²) in [5.74, 6) is 1.12. The van der Waals surface area contributed by atoms with Gasteiger partial charge in [-0.05, 0) is 6.92 Å². The first-order chi connectivity index (χ1) is 7.72. The van der Waals surface area contributed by atoms with Crippen molar-refractivity contribution in [3.8, 4) is 11.7 Å². The number of oxazole rings is 1. The van der Waals surface area contributed by atoms with E-state index in [0.29, 0.717) is 23.9 Å². The summed E-state index contributed by atoms with van der Waals surface area (Å²) in [6.07, 6.45) is 1.32. The smallest absolute Gasteiger partial charge is 0.295 e. The van der Waals surface area contributed by atoms with E-state index in [2.05, 4.69) is 15.1 Å². The second-order valence-electron chi connectivity index (χ2n) is 3.29. The quantitative estimate of drug-likeness (QED) is 0.814. The van der Waals surface area contributed by atoms with Crippen LogP contribution in [0.5, 0.6) is 0 Å². The van der Waals surface area contributed by atoms with Crippen LogP contribution in [0, 0.1) is 6.92 Å². The van der Waals surface area contributed by atoms with Gasteiger partial charge in [0, 0.05) is 7.11 Å². The van der Waals surface area contributed by atoms with Crippen molar-refractivity contribution in [2.45, 2.75) is 13.0 Å². The van der Waals surface area contributed by atoms with Crippen molar-refractivity contribution in [2.24, 2.45) is 5.73 Å². The molecule has 16 heavy (non-hydrogen) atoms. The minimum absolute atomic E-state index is 0.275. The van der Waals surface area contributed by atoms with E-state index in [1.165, 1.54) is 6.39 Å². The van der Waals surface area contributed by atoms with Crippen LogP contribution in [0.4, 0.5) is 0 Å². The Labute approximate surface area is 91.6 Å². The maximum absolute atomic E-state index is 5.75. The molecule has 0 aliphatic carbocycles. The first-order valence-corrected chi connectivity index (χ1v) is 4.71. The van der Waals surface area contributed by atoms with Crippen molar-refractivity contribution >= 4 is 0 Å². The molecule has 2 aromatic heterocycles. The molecule has 0 saturated carbocycles. The first kappa shape index (κ1) is 10.8. The first-order valence-electron chi connectivity index (χ1n) is 4.71. The lowest BCUT2D eigenvalue weighted by Crippen LogP contribution is -2.17. The Kier molecular flexibility index (Phi) is 2.97. The summed E-state index contributed by atoms with van der Waals surface area (Å²) >= 11 is 0. The molecule has 2 heterocycles. The third-order valence-corrected chi connectivity index (χ3v) is 2.06. The standard InChI is InChI=1S/C9H12N4O3/c1-5-7(15-4-11-5)9-12-8(13-16-9)6(10)3-14-2/h4,6H,3,10H2,1-2H3. The average molecular weight is 224 g/mol. The van der Waals surface area contributed by atoms with Gasteiger partial charge >= 0.3 is 0 Å². The number of hydrogen-bond donors (Lipinski definition) is 1. The van der Waals surface area contributed by atoms with Crippen molar-refractivity contribution in [2.75, 3.05) is 13.7 Å². The van der Waals surface area contributed by atoms with Gasteiger partial charge in [-0.3, -0.25) is 0 Å². The third kappa shape index (κ3) is 1.95. The average Bonchev–Trinajstić information content (AvgIpc) is 2.86. The second kappa shape index (κ2) is 4.42. The normalized spacial score (nSPS) is 12.9. The van der Waals surface area contributed by atoms with E-state index in [1.807, 2.05) is 0 Å². The summed E-state index contributed by atoms with van der Waals surface area (Å²) < 4.78 is 15.1. The van der Waals surface area contributed by atoms with E-state index in [4.69, 9.17) is 19.4 Å². The van der Waals surface area contributed by atoms with E-state index in [-0.39, 0.29) is 5.89 Å². The van der Waals surface area contributed by atoms with Crippen LogP contribution < -0.4 is 5.73 Å². The van der Waals surface area contributed by atoms with Gasteiger partial charge in [0.25, 0.3) is 5.89 Å². The number of aryl methyl sites for hydroxylation is 1. The lowest BCUT2D eigenvalue weighted by atomic mass is 10.3. The Morgan fingerprint density at radius 1 is 1.56 bits per heavy atom. The van der Waals surface area contributed by atoms with Gasteiger partial charge in [-0.2, -0.15) is 4.98 Å². The van der Waals surface area contributed by atoms with Gasteiger partial charge in [-0.15, -0.1) is 0 Å². The van der Waals surface area contributed by atoms with Gasteiger partial charge in [-0.1, -0.05) is 5.16 Å². The van der Waals surface area contributed by atoms with Gasteiger partial charge in [0.15, 0.2) is 12.2 Å². The fourth-order valence-electron chi connectivity index (χ4n) is 1.24. The highest BCUT2D eigenvalue weighted by Crippen LogP contribution is 2.21. The van der Waals surface area contributed by atoms with E-state index >= 15 is 0 Å². The van der Waals surface area contributed by atoms with Crippen LogP contribution in [0.25, 0.3) is 11.7 Å². The SMILES string of the molecule is COCC(N)c1noc(-c2ocnc2C)n1. The molecule has 0 aliphatic heterocycles. The van der Waals surface area contributed by atoms with Crippen molar-refractivity contribution in [1.82, 2.24) is 15.1 Å². The second-order valence-corrected chi connectivity index (χ2v) is 3.29. The topological polar surface area (TPSA) is 100 Å². The zero-order valence-corrected chi connectivity index (χ0v) is 9.01. The molecule has 2 rings (SSSR count). The Bertz CT molecular complexity index is 465. The summed E-state index contributed by atoms with van der Waals surface area (Å²) in [6.45, 7) is 2.12. The molecule has 7 nitrogen and oxygen atoms in total. The summed E-state index contributed by atoms with van der Waals surface area (Å²) in [5.41, 5.74) is 6.44. The predicted molar refractivity (Wildman–Crippen MR) is 53.3 cm³/mol. The Hall–Kier alpha value is -1.73. The fraction of sp³-hybridized carbons (Fsp3) is 0.444. The zero-order chi connectivity index (χ0) is 11.5. The Morgan fingerprint density at radius 3 is 3.00 bits per heavy atom. The molecule has 0 bridgehead atoms. The summed E-state index contributed by atoms with van der Waals surface area (Å²) in [4.78, 5) is 8.05. The number of nitrogens with two attached hydrogens (primary N) is 1. The van der Waals surface area contributed by atoms with Crippen LogP contribution in [0.1, 0.15) is 17.6 Å². The summed E-state index contributed by atoms with van der Waals surface area (Å²) in [6, 6.07) is -0.411. The maximum Gasteiger partial charge on any atom is 0.295 e. The zero-order valence-electron chi connectivity index (χ0n) is 9.01. The largest absolute Gasteiger partial charge is 0.438 e. The lowest BCUT2D eigenvalue weighted by Gasteiger charge is -2.02. The predicted octanol–water partition coefficient (Wildman–Crippen LogP) is 0.679. The lowest BCUT2D eigenvalue weighted by molar-refractivity contribution is 0.177. The number of methoxy groups -OCH3 is 1. The van der Waals surface area contributed by atoms with Gasteiger partial charge in [0.1, 0.15) is 0 Å². The minimum Gasteiger partial charge on any atom is -0.438 e. The molecule has 7 heteroatoms. The van der Waals surface area contributed by atoms with Gasteiger partial charge in [0.2, 0.25) is 5.76 Å². The number of aromatic nitrogens is 3. The van der Waals surface area contributed by atoms with Crippen LogP contribution >= 0.6 is 0 Å². The van der Waals surface area contributed by atoms with Crippen LogP contribution in [-0.4, -0.2) is 28.8 Å². The molecule has 0 radical (unpaired) electrons. The molecule has 0 aromatic carbocycles. The van der Waals surface area contributed by atoms with Crippen molar-refractivity contribution in [3.63, 3.8) is 0 Å². The highest BCUT2D eigenvalue weighted by Gasteiger charge is 2.18. The van der Waals surface area contributed by atoms with E-state index in [1.54, 1.807) is 14.0 Å². The highest BCUT2D eigenvalue weighted by molar-refractivity contribution is 5.46. The molecule has 1 unspecified atom stereocenters. The molecule has 0 aliphatic rings. The number of ether oxygens (including phenoxy) is 1. The summed E-state index contributed by atoms with van der Waals surface area (Å²) in [5, 5.41) is 3.75. The number of nitrogens with zero attached hydrogens (tertiary/aromatic N) is 3. The van der Waals surface area contributed by atoms with Crippen molar-refractivity contribution in [1.29, 1.82) is 0 Å². The Morgan fingerprint density at radius 2 is 2.38 bits per heavy atom. The van der Waals surface area contributed by atoms with Gasteiger partial charge in [0.05, 0.1) is 18.3 Å².